The quantitative estimate of drug-likeness (QED) is 0.587. The molecule has 0 aromatic carbocycles. The molecule has 1 aliphatic heterocycles. The number of thiazole rings is 1. The van der Waals surface area contributed by atoms with E-state index in [0.717, 1.165) is 61.4 Å². The van der Waals surface area contributed by atoms with Gasteiger partial charge in [-0.2, -0.15) is 0 Å². The Morgan fingerprint density at radius 1 is 1.20 bits per heavy atom. The van der Waals surface area contributed by atoms with Crippen LogP contribution in [0.15, 0.2) is 36.2 Å². The minimum absolute atomic E-state index is 0.0456. The molecule has 0 unspecified atom stereocenters. The summed E-state index contributed by atoms with van der Waals surface area (Å²) in [6.45, 7) is 4.23. The second-order valence-corrected chi connectivity index (χ2v) is 8.72. The predicted octanol–water partition coefficient (Wildman–Crippen LogP) is 3.55. The third-order valence-electron chi connectivity index (χ3n) is 5.82. The Kier molecular flexibility index (Phi) is 6.42. The minimum atomic E-state index is -0.0456. The van der Waals surface area contributed by atoms with E-state index in [9.17, 15) is 9.59 Å². The van der Waals surface area contributed by atoms with Gasteiger partial charge in [-0.25, -0.2) is 9.97 Å². The van der Waals surface area contributed by atoms with Crippen LogP contribution in [0.5, 0.6) is 0 Å². The van der Waals surface area contributed by atoms with Gasteiger partial charge in [-0.15, -0.1) is 11.3 Å². The fraction of sp³-hybridized carbons (Fsp3) is 0.455. The number of carbonyl (C=O) groups excluding carboxylic acids is 2. The third-order valence-corrected chi connectivity index (χ3v) is 6.73. The average Bonchev–Trinajstić information content (AvgIpc) is 3.41. The summed E-state index contributed by atoms with van der Waals surface area (Å²) in [7, 11) is 0. The SMILES string of the molecule is Cc1ncsc1C(=O)N1CCC(CCCCNC(=O)c2ccc3nccn3c2)CC1. The summed E-state index contributed by atoms with van der Waals surface area (Å²) in [6, 6.07) is 3.66. The van der Waals surface area contributed by atoms with Crippen LogP contribution < -0.4 is 5.32 Å². The van der Waals surface area contributed by atoms with Crippen molar-refractivity contribution in [2.45, 2.75) is 39.0 Å². The van der Waals surface area contributed by atoms with Crippen molar-refractivity contribution >= 4 is 28.8 Å². The number of piperidine rings is 1. The molecule has 4 heterocycles. The average molecular weight is 426 g/mol. The Morgan fingerprint density at radius 2 is 2.03 bits per heavy atom. The first-order chi connectivity index (χ1) is 14.6. The topological polar surface area (TPSA) is 79.6 Å². The van der Waals surface area contributed by atoms with Gasteiger partial charge in [-0.3, -0.25) is 9.59 Å². The van der Waals surface area contributed by atoms with Gasteiger partial charge < -0.3 is 14.6 Å². The van der Waals surface area contributed by atoms with E-state index in [0.29, 0.717) is 18.0 Å². The molecule has 1 fully saturated rings. The van der Waals surface area contributed by atoms with Crippen molar-refractivity contribution in [1.82, 2.24) is 24.6 Å². The fourth-order valence-corrected chi connectivity index (χ4v) is 4.76. The summed E-state index contributed by atoms with van der Waals surface area (Å²) in [4.78, 5) is 36.0. The molecular weight excluding hydrogens is 398 g/mol. The molecule has 0 aliphatic carbocycles. The first kappa shape index (κ1) is 20.5. The fourth-order valence-electron chi connectivity index (χ4n) is 3.99. The second-order valence-electron chi connectivity index (χ2n) is 7.86. The lowest BCUT2D eigenvalue weighted by Gasteiger charge is -2.32. The highest BCUT2D eigenvalue weighted by atomic mass is 32.1. The highest BCUT2D eigenvalue weighted by Crippen LogP contribution is 2.25. The monoisotopic (exact) mass is 425 g/mol. The molecule has 3 aromatic rings. The number of hydrogen-bond acceptors (Lipinski definition) is 5. The standard InChI is InChI=1S/C22H27N5O2S/c1-16-20(30-15-25-16)22(29)26-11-7-17(8-12-26)4-2-3-9-24-21(28)18-5-6-19-23-10-13-27(19)14-18/h5-6,10,13-15,17H,2-4,7-9,11-12H2,1H3,(H,24,28). The van der Waals surface area contributed by atoms with Crippen LogP contribution in [-0.4, -0.2) is 50.7 Å². The molecule has 1 saturated heterocycles. The Hall–Kier alpha value is -2.74. The largest absolute Gasteiger partial charge is 0.352 e. The van der Waals surface area contributed by atoms with Crippen molar-refractivity contribution in [1.29, 1.82) is 0 Å². The molecule has 7 nitrogen and oxygen atoms in total. The number of unbranched alkanes of at least 4 members (excludes halogenated alkanes) is 1. The van der Waals surface area contributed by atoms with Crippen LogP contribution in [0.3, 0.4) is 0 Å². The van der Waals surface area contributed by atoms with E-state index in [1.54, 1.807) is 24.0 Å². The lowest BCUT2D eigenvalue weighted by atomic mass is 9.91. The number of aryl methyl sites for hydroxylation is 1. The van der Waals surface area contributed by atoms with Gasteiger partial charge in [0.15, 0.2) is 0 Å². The van der Waals surface area contributed by atoms with E-state index in [1.165, 1.54) is 11.3 Å². The summed E-state index contributed by atoms with van der Waals surface area (Å²) in [5.41, 5.74) is 4.05. The van der Waals surface area contributed by atoms with Gasteiger partial charge in [0.1, 0.15) is 10.5 Å². The van der Waals surface area contributed by atoms with E-state index in [1.807, 2.05) is 28.5 Å². The molecule has 8 heteroatoms. The molecule has 2 amide bonds. The Balaban J connectivity index is 1.13. The van der Waals surface area contributed by atoms with Gasteiger partial charge >= 0.3 is 0 Å². The van der Waals surface area contributed by atoms with Gasteiger partial charge in [0, 0.05) is 38.2 Å². The molecule has 0 atom stereocenters. The summed E-state index contributed by atoms with van der Waals surface area (Å²) in [6.07, 6.45) is 10.7. The van der Waals surface area contributed by atoms with Crippen LogP contribution in [0.1, 0.15) is 57.8 Å². The molecule has 1 N–H and O–H groups in total. The van der Waals surface area contributed by atoms with Crippen molar-refractivity contribution < 1.29 is 9.59 Å². The van der Waals surface area contributed by atoms with Crippen LogP contribution in [0.4, 0.5) is 0 Å². The number of aromatic nitrogens is 3. The van der Waals surface area contributed by atoms with Crippen molar-refractivity contribution in [3.8, 4) is 0 Å². The van der Waals surface area contributed by atoms with Crippen LogP contribution in [-0.2, 0) is 0 Å². The number of fused-ring (bicyclic) bond motifs is 1. The smallest absolute Gasteiger partial charge is 0.265 e. The maximum Gasteiger partial charge on any atom is 0.265 e. The first-order valence-electron chi connectivity index (χ1n) is 10.5. The van der Waals surface area contributed by atoms with Crippen molar-refractivity contribution in [3.05, 3.63) is 52.4 Å². The molecule has 30 heavy (non-hydrogen) atoms. The van der Waals surface area contributed by atoms with E-state index in [2.05, 4.69) is 15.3 Å². The summed E-state index contributed by atoms with van der Waals surface area (Å²) in [5.74, 6) is 0.747. The third kappa shape index (κ3) is 4.70. The van der Waals surface area contributed by atoms with Crippen LogP contribution in [0, 0.1) is 12.8 Å². The van der Waals surface area contributed by atoms with E-state index in [4.69, 9.17) is 0 Å². The molecule has 0 bridgehead atoms. The number of nitrogens with zero attached hydrogens (tertiary/aromatic N) is 4. The Bertz CT molecular complexity index is 1020. The second kappa shape index (κ2) is 9.38. The predicted molar refractivity (Wildman–Crippen MR) is 117 cm³/mol. The van der Waals surface area contributed by atoms with Crippen LogP contribution in [0.25, 0.3) is 5.65 Å². The van der Waals surface area contributed by atoms with Gasteiger partial charge in [0.05, 0.1) is 16.8 Å². The molecular formula is C22H27N5O2S. The zero-order valence-corrected chi connectivity index (χ0v) is 18.0. The highest BCUT2D eigenvalue weighted by Gasteiger charge is 2.25. The number of rotatable bonds is 7. The Labute approximate surface area is 180 Å². The molecule has 0 radical (unpaired) electrons. The molecule has 4 rings (SSSR count). The lowest BCUT2D eigenvalue weighted by Crippen LogP contribution is -2.38. The molecule has 3 aromatic heterocycles. The highest BCUT2D eigenvalue weighted by molar-refractivity contribution is 7.11. The number of nitrogens with one attached hydrogen (secondary N) is 1. The molecule has 158 valence electrons. The summed E-state index contributed by atoms with van der Waals surface area (Å²) >= 11 is 1.43. The van der Waals surface area contributed by atoms with Gasteiger partial charge in [-0.05, 0) is 44.2 Å². The number of carbonyl (C=O) groups is 2. The van der Waals surface area contributed by atoms with Crippen LogP contribution in [0.2, 0.25) is 0 Å². The molecule has 0 saturated carbocycles. The van der Waals surface area contributed by atoms with E-state index < -0.39 is 0 Å². The minimum Gasteiger partial charge on any atom is -0.352 e. The Morgan fingerprint density at radius 3 is 2.80 bits per heavy atom. The van der Waals surface area contributed by atoms with Crippen LogP contribution >= 0.6 is 11.3 Å². The lowest BCUT2D eigenvalue weighted by molar-refractivity contribution is 0.0689. The van der Waals surface area contributed by atoms with E-state index >= 15 is 0 Å². The normalized spacial score (nSPS) is 14.9. The number of hydrogen-bond donors (Lipinski definition) is 1. The summed E-state index contributed by atoms with van der Waals surface area (Å²) < 4.78 is 1.85. The van der Waals surface area contributed by atoms with Crippen molar-refractivity contribution in [2.24, 2.45) is 5.92 Å². The molecule has 0 spiro atoms. The van der Waals surface area contributed by atoms with Crippen molar-refractivity contribution in [2.75, 3.05) is 19.6 Å². The zero-order valence-electron chi connectivity index (χ0n) is 17.2. The summed E-state index contributed by atoms with van der Waals surface area (Å²) in [5, 5.41) is 3.01. The number of amides is 2. The van der Waals surface area contributed by atoms with Gasteiger partial charge in [-0.1, -0.05) is 12.8 Å². The maximum absolute atomic E-state index is 12.6. The van der Waals surface area contributed by atoms with Crippen molar-refractivity contribution in [3.63, 3.8) is 0 Å². The van der Waals surface area contributed by atoms with E-state index in [-0.39, 0.29) is 11.8 Å². The van der Waals surface area contributed by atoms with Gasteiger partial charge in [0.25, 0.3) is 11.8 Å². The first-order valence-corrected chi connectivity index (χ1v) is 11.4. The van der Waals surface area contributed by atoms with Gasteiger partial charge in [0.2, 0.25) is 0 Å². The number of likely N-dealkylation sites (tertiary alicyclic amines) is 1. The number of pyridine rings is 1. The zero-order chi connectivity index (χ0) is 20.9. The molecule has 1 aliphatic rings. The number of imidazole rings is 1. The maximum atomic E-state index is 12.6.